The number of thiazole rings is 1. The van der Waals surface area contributed by atoms with Crippen molar-refractivity contribution in [1.29, 1.82) is 0 Å². The van der Waals surface area contributed by atoms with Crippen LogP contribution in [-0.4, -0.2) is 9.55 Å². The van der Waals surface area contributed by atoms with Gasteiger partial charge in [-0.3, -0.25) is 4.98 Å². The number of aromatic nitrogens is 2. The number of allylic oxidation sites excluding steroid dienone is 5. The van der Waals surface area contributed by atoms with Crippen LogP contribution in [0.4, 0.5) is 0 Å². The van der Waals surface area contributed by atoms with Crippen LogP contribution in [0.2, 0.25) is 0 Å². The third kappa shape index (κ3) is 4.15. The summed E-state index contributed by atoms with van der Waals surface area (Å²) in [6.07, 6.45) is 11.7. The lowest BCUT2D eigenvalue weighted by atomic mass is 10.0. The molecule has 0 unspecified atom stereocenters. The Kier molecular flexibility index (Phi) is 6.25. The highest BCUT2D eigenvalue weighted by Gasteiger charge is 2.17. The molecular weight excluding hydrogens is 320 g/mol. The molecule has 2 aromatic rings. The molecule has 0 atom stereocenters. The van der Waals surface area contributed by atoms with Gasteiger partial charge in [0, 0.05) is 23.8 Å². The van der Waals surface area contributed by atoms with E-state index < -0.39 is 0 Å². The SMILES string of the molecule is C=C/C(=C\C=C/C)c1c(C(C)C)sc(=S)n1Cc1ccncc1. The van der Waals surface area contributed by atoms with Crippen molar-refractivity contribution >= 4 is 29.1 Å². The van der Waals surface area contributed by atoms with Gasteiger partial charge in [-0.25, -0.2) is 0 Å². The lowest BCUT2D eigenvalue weighted by molar-refractivity contribution is 0.768. The van der Waals surface area contributed by atoms with Gasteiger partial charge in [0.15, 0.2) is 3.95 Å². The third-order valence-corrected chi connectivity index (χ3v) is 5.25. The van der Waals surface area contributed by atoms with E-state index in [2.05, 4.69) is 36.1 Å². The van der Waals surface area contributed by atoms with Crippen molar-refractivity contribution in [2.45, 2.75) is 33.2 Å². The summed E-state index contributed by atoms with van der Waals surface area (Å²) in [7, 11) is 0. The Labute approximate surface area is 147 Å². The zero-order valence-corrected chi connectivity index (χ0v) is 15.5. The van der Waals surface area contributed by atoms with Crippen LogP contribution in [0.3, 0.4) is 0 Å². The first kappa shape index (κ1) is 17.6. The quantitative estimate of drug-likeness (QED) is 0.474. The summed E-state index contributed by atoms with van der Waals surface area (Å²) >= 11 is 7.34. The second-order valence-electron chi connectivity index (χ2n) is 5.53. The van der Waals surface area contributed by atoms with Gasteiger partial charge in [-0.15, -0.1) is 11.3 Å². The molecule has 2 nitrogen and oxygen atoms in total. The van der Waals surface area contributed by atoms with E-state index in [1.54, 1.807) is 11.3 Å². The molecule has 2 heterocycles. The first-order valence-electron chi connectivity index (χ1n) is 7.66. The average molecular weight is 343 g/mol. The van der Waals surface area contributed by atoms with Crippen molar-refractivity contribution in [1.82, 2.24) is 9.55 Å². The van der Waals surface area contributed by atoms with E-state index in [1.807, 2.05) is 49.7 Å². The third-order valence-electron chi connectivity index (χ3n) is 3.50. The first-order chi connectivity index (χ1) is 11.1. The van der Waals surface area contributed by atoms with Crippen molar-refractivity contribution in [3.63, 3.8) is 0 Å². The second-order valence-corrected chi connectivity index (χ2v) is 7.20. The summed E-state index contributed by atoms with van der Waals surface area (Å²) in [6.45, 7) is 11.2. The van der Waals surface area contributed by atoms with Crippen molar-refractivity contribution < 1.29 is 0 Å². The molecule has 0 amide bonds. The van der Waals surface area contributed by atoms with Gasteiger partial charge in [-0.05, 0) is 48.3 Å². The highest BCUT2D eigenvalue weighted by Crippen LogP contribution is 2.33. The molecule has 0 N–H and O–H groups in total. The molecule has 4 heteroatoms. The van der Waals surface area contributed by atoms with Crippen LogP contribution in [0, 0.1) is 3.95 Å². The molecule has 0 fully saturated rings. The summed E-state index contributed by atoms with van der Waals surface area (Å²) in [5.74, 6) is 0.421. The lowest BCUT2D eigenvalue weighted by Gasteiger charge is -2.13. The predicted octanol–water partition coefficient (Wildman–Crippen LogP) is 5.99. The smallest absolute Gasteiger partial charge is 0.162 e. The molecular formula is C19H22N2S2. The standard InChI is InChI=1S/C19H22N2S2/c1-5-7-8-16(6-2)17-18(14(3)4)23-19(22)21(17)13-15-9-11-20-12-10-15/h5-12,14H,2,13H2,1,3-4H3/b7-5-,16-8+. The fourth-order valence-corrected chi connectivity index (χ4v) is 3.81. The van der Waals surface area contributed by atoms with Crippen LogP contribution in [0.25, 0.3) is 5.57 Å². The number of nitrogens with zero attached hydrogens (tertiary/aromatic N) is 2. The van der Waals surface area contributed by atoms with Gasteiger partial charge >= 0.3 is 0 Å². The van der Waals surface area contributed by atoms with Crippen LogP contribution in [-0.2, 0) is 6.54 Å². The van der Waals surface area contributed by atoms with Crippen LogP contribution < -0.4 is 0 Å². The number of rotatable bonds is 6. The topological polar surface area (TPSA) is 17.8 Å². The maximum absolute atomic E-state index is 5.64. The predicted molar refractivity (Wildman–Crippen MR) is 104 cm³/mol. The summed E-state index contributed by atoms with van der Waals surface area (Å²) < 4.78 is 3.11. The Balaban J connectivity index is 2.61. The first-order valence-corrected chi connectivity index (χ1v) is 8.89. The summed E-state index contributed by atoms with van der Waals surface area (Å²) in [6, 6.07) is 4.06. The molecule has 120 valence electrons. The molecule has 0 bridgehead atoms. The zero-order valence-electron chi connectivity index (χ0n) is 13.8. The Morgan fingerprint density at radius 3 is 2.65 bits per heavy atom. The molecule has 0 spiro atoms. The second kappa shape index (κ2) is 8.18. The van der Waals surface area contributed by atoms with Gasteiger partial charge in [0.25, 0.3) is 0 Å². The minimum atomic E-state index is 0.421. The summed E-state index contributed by atoms with van der Waals surface area (Å²) in [5, 5.41) is 0. The van der Waals surface area contributed by atoms with Crippen molar-refractivity contribution in [3.05, 3.63) is 75.5 Å². The fourth-order valence-electron chi connectivity index (χ4n) is 2.37. The lowest BCUT2D eigenvalue weighted by Crippen LogP contribution is -2.06. The molecule has 0 radical (unpaired) electrons. The van der Waals surface area contributed by atoms with Gasteiger partial charge in [-0.2, -0.15) is 0 Å². The van der Waals surface area contributed by atoms with Crippen LogP contribution in [0.1, 0.15) is 42.8 Å². The highest BCUT2D eigenvalue weighted by molar-refractivity contribution is 7.73. The molecule has 2 aromatic heterocycles. The van der Waals surface area contributed by atoms with E-state index in [1.165, 1.54) is 16.1 Å². The average Bonchev–Trinajstić information content (AvgIpc) is 2.87. The molecule has 2 rings (SSSR count). The van der Waals surface area contributed by atoms with Crippen molar-refractivity contribution in [3.8, 4) is 0 Å². The fraction of sp³-hybridized carbons (Fsp3) is 0.263. The van der Waals surface area contributed by atoms with E-state index in [4.69, 9.17) is 12.2 Å². The van der Waals surface area contributed by atoms with E-state index >= 15 is 0 Å². The molecule has 0 saturated heterocycles. The molecule has 0 aromatic carbocycles. The Bertz CT molecular complexity index is 777. The van der Waals surface area contributed by atoms with E-state index in [-0.39, 0.29) is 0 Å². The molecule has 0 aliphatic carbocycles. The van der Waals surface area contributed by atoms with Gasteiger partial charge in [0.2, 0.25) is 0 Å². The monoisotopic (exact) mass is 342 g/mol. The minimum absolute atomic E-state index is 0.421. The van der Waals surface area contributed by atoms with Crippen molar-refractivity contribution in [2.24, 2.45) is 0 Å². The maximum Gasteiger partial charge on any atom is 0.162 e. The van der Waals surface area contributed by atoms with Gasteiger partial charge in [0.1, 0.15) is 0 Å². The minimum Gasteiger partial charge on any atom is -0.318 e. The van der Waals surface area contributed by atoms with Crippen LogP contribution >= 0.6 is 23.6 Å². The molecule has 0 aliphatic heterocycles. The largest absolute Gasteiger partial charge is 0.318 e. The normalized spacial score (nSPS) is 12.3. The summed E-state index contributed by atoms with van der Waals surface area (Å²) in [5.41, 5.74) is 3.48. The molecule has 0 aliphatic rings. The highest BCUT2D eigenvalue weighted by atomic mass is 32.1. The van der Waals surface area contributed by atoms with Gasteiger partial charge in [-0.1, -0.05) is 44.7 Å². The van der Waals surface area contributed by atoms with E-state index in [0.717, 1.165) is 16.1 Å². The molecule has 23 heavy (non-hydrogen) atoms. The van der Waals surface area contributed by atoms with E-state index in [9.17, 15) is 0 Å². The number of pyridine rings is 1. The number of hydrogen-bond donors (Lipinski definition) is 0. The van der Waals surface area contributed by atoms with Gasteiger partial charge in [0.05, 0.1) is 5.69 Å². The zero-order chi connectivity index (χ0) is 16.8. The van der Waals surface area contributed by atoms with Crippen molar-refractivity contribution in [2.75, 3.05) is 0 Å². The Morgan fingerprint density at radius 1 is 1.39 bits per heavy atom. The van der Waals surface area contributed by atoms with Gasteiger partial charge < -0.3 is 4.57 Å². The molecule has 0 saturated carbocycles. The Morgan fingerprint density at radius 2 is 2.09 bits per heavy atom. The van der Waals surface area contributed by atoms with E-state index in [0.29, 0.717) is 5.92 Å². The Hall–Kier alpha value is -1.78. The summed E-state index contributed by atoms with van der Waals surface area (Å²) in [4.78, 5) is 5.39. The van der Waals surface area contributed by atoms with Crippen LogP contribution in [0.15, 0.2) is 55.4 Å². The maximum atomic E-state index is 5.64. The number of hydrogen-bond acceptors (Lipinski definition) is 3. The van der Waals surface area contributed by atoms with Crippen LogP contribution in [0.5, 0.6) is 0 Å².